The molecule has 28 heavy (non-hydrogen) atoms. The van der Waals surface area contributed by atoms with E-state index in [1.54, 1.807) is 13.8 Å². The van der Waals surface area contributed by atoms with Gasteiger partial charge in [0.25, 0.3) is 0 Å². The summed E-state index contributed by atoms with van der Waals surface area (Å²) in [4.78, 5) is 45.2. The summed E-state index contributed by atoms with van der Waals surface area (Å²) < 4.78 is 21.3. The summed E-state index contributed by atoms with van der Waals surface area (Å²) in [7, 11) is 1.16. The van der Waals surface area contributed by atoms with Crippen molar-refractivity contribution in [3.05, 3.63) is 33.9 Å². The van der Waals surface area contributed by atoms with Crippen LogP contribution in [0.3, 0.4) is 0 Å². The third kappa shape index (κ3) is 4.45. The van der Waals surface area contributed by atoms with Gasteiger partial charge >= 0.3 is 17.6 Å². The molecule has 0 aliphatic carbocycles. The molecule has 0 amide bonds. The van der Waals surface area contributed by atoms with Gasteiger partial charge in [0.1, 0.15) is 12.4 Å². The molecule has 0 spiro atoms. The Morgan fingerprint density at radius 2 is 1.93 bits per heavy atom. The van der Waals surface area contributed by atoms with Crippen molar-refractivity contribution < 1.29 is 38.3 Å². The third-order valence-corrected chi connectivity index (χ3v) is 4.65. The fraction of sp³-hybridized carbons (Fsp3) is 0.500. The molecule has 0 saturated carbocycles. The minimum atomic E-state index is -1.27. The standard InChI is InChI=1S/C18H21NO9/c1-9-10(2)18(28-16(17(22)25-4)15(9)26-11(3)21)27-14-7-12(8-20)5-6-13(14)19(23)24/h5-10,15-16,18H,1-4H3/t9-,10-,15+,16+,18-/m1/s1. The molecule has 10 nitrogen and oxygen atoms in total. The fourth-order valence-corrected chi connectivity index (χ4v) is 2.94. The predicted octanol–water partition coefficient (Wildman–Crippen LogP) is 1.89. The highest BCUT2D eigenvalue weighted by Crippen LogP contribution is 2.37. The van der Waals surface area contributed by atoms with E-state index in [1.807, 2.05) is 0 Å². The zero-order chi connectivity index (χ0) is 21.0. The van der Waals surface area contributed by atoms with Gasteiger partial charge in [0.05, 0.1) is 12.0 Å². The average Bonchev–Trinajstić information content (AvgIpc) is 2.66. The minimum absolute atomic E-state index is 0.173. The van der Waals surface area contributed by atoms with E-state index in [2.05, 4.69) is 0 Å². The first kappa shape index (κ1) is 21.3. The van der Waals surface area contributed by atoms with Crippen LogP contribution in [0, 0.1) is 22.0 Å². The lowest BCUT2D eigenvalue weighted by atomic mass is 9.84. The summed E-state index contributed by atoms with van der Waals surface area (Å²) >= 11 is 0. The molecule has 1 heterocycles. The van der Waals surface area contributed by atoms with Crippen molar-refractivity contribution in [1.29, 1.82) is 0 Å². The molecule has 0 radical (unpaired) electrons. The molecule has 1 saturated heterocycles. The molecule has 1 aromatic carbocycles. The lowest BCUT2D eigenvalue weighted by molar-refractivity contribution is -0.386. The van der Waals surface area contributed by atoms with Crippen LogP contribution >= 0.6 is 0 Å². The second kappa shape index (κ2) is 8.79. The predicted molar refractivity (Wildman–Crippen MR) is 93.7 cm³/mol. The molecule has 0 N–H and O–H groups in total. The van der Waals surface area contributed by atoms with Gasteiger partial charge in [-0.25, -0.2) is 4.79 Å². The van der Waals surface area contributed by atoms with Crippen LogP contribution in [0.5, 0.6) is 5.75 Å². The molecular formula is C18H21NO9. The number of ether oxygens (including phenoxy) is 4. The molecule has 2 rings (SSSR count). The number of rotatable bonds is 6. The van der Waals surface area contributed by atoms with Crippen LogP contribution in [0.4, 0.5) is 5.69 Å². The SMILES string of the molecule is COC(=O)[C@H]1O[C@@H](Oc2cc(C=O)ccc2[N+](=O)[O-])[C@H](C)[C@@H](C)[C@@H]1OC(C)=O. The summed E-state index contributed by atoms with van der Waals surface area (Å²) in [5.74, 6) is -2.33. The van der Waals surface area contributed by atoms with Crippen LogP contribution in [0.15, 0.2) is 18.2 Å². The van der Waals surface area contributed by atoms with Crippen LogP contribution < -0.4 is 4.74 Å². The van der Waals surface area contributed by atoms with E-state index in [9.17, 15) is 24.5 Å². The molecule has 0 aromatic heterocycles. The van der Waals surface area contributed by atoms with Crippen LogP contribution in [0.2, 0.25) is 0 Å². The number of carbonyl (C=O) groups excluding carboxylic acids is 3. The zero-order valence-electron chi connectivity index (χ0n) is 15.8. The molecule has 10 heteroatoms. The first-order chi connectivity index (χ1) is 13.2. The van der Waals surface area contributed by atoms with E-state index in [1.165, 1.54) is 19.1 Å². The van der Waals surface area contributed by atoms with Gasteiger partial charge in [-0.3, -0.25) is 19.7 Å². The number of nitro groups is 1. The second-order valence-corrected chi connectivity index (χ2v) is 6.46. The number of hydrogen-bond donors (Lipinski definition) is 0. The van der Waals surface area contributed by atoms with Crippen molar-refractivity contribution in [1.82, 2.24) is 0 Å². The lowest BCUT2D eigenvalue weighted by Crippen LogP contribution is -2.55. The molecular weight excluding hydrogens is 374 g/mol. The number of methoxy groups -OCH3 is 1. The summed E-state index contributed by atoms with van der Waals surface area (Å²) in [5.41, 5.74) is -0.176. The molecule has 152 valence electrons. The first-order valence-electron chi connectivity index (χ1n) is 8.50. The maximum absolute atomic E-state index is 12.1. The quantitative estimate of drug-likeness (QED) is 0.306. The van der Waals surface area contributed by atoms with Crippen molar-refractivity contribution in [3.63, 3.8) is 0 Å². The zero-order valence-corrected chi connectivity index (χ0v) is 15.8. The monoisotopic (exact) mass is 395 g/mol. The fourth-order valence-electron chi connectivity index (χ4n) is 2.94. The Bertz CT molecular complexity index is 778. The maximum Gasteiger partial charge on any atom is 0.339 e. The molecule has 1 fully saturated rings. The molecule has 0 unspecified atom stereocenters. The summed E-state index contributed by atoms with van der Waals surface area (Å²) in [6, 6.07) is 3.66. The van der Waals surface area contributed by atoms with Crippen molar-refractivity contribution in [2.75, 3.05) is 7.11 Å². The van der Waals surface area contributed by atoms with E-state index < -0.39 is 41.3 Å². The molecule has 5 atom stereocenters. The van der Waals surface area contributed by atoms with Crippen molar-refractivity contribution in [3.8, 4) is 5.75 Å². The van der Waals surface area contributed by atoms with Gasteiger partial charge in [-0.15, -0.1) is 0 Å². The highest BCUT2D eigenvalue weighted by molar-refractivity contribution is 5.77. The number of carbonyl (C=O) groups is 3. The highest BCUT2D eigenvalue weighted by Gasteiger charge is 2.48. The number of aldehydes is 1. The van der Waals surface area contributed by atoms with E-state index in [0.29, 0.717) is 6.29 Å². The molecule has 1 aromatic rings. The lowest BCUT2D eigenvalue weighted by Gasteiger charge is -2.42. The van der Waals surface area contributed by atoms with Crippen molar-refractivity contribution in [2.45, 2.75) is 39.3 Å². The van der Waals surface area contributed by atoms with Crippen LogP contribution in [-0.2, 0) is 23.8 Å². The van der Waals surface area contributed by atoms with Gasteiger partial charge < -0.3 is 18.9 Å². The summed E-state index contributed by atoms with van der Waals surface area (Å²) in [6.45, 7) is 4.68. The van der Waals surface area contributed by atoms with Gasteiger partial charge in [-0.05, 0) is 12.1 Å². The summed E-state index contributed by atoms with van der Waals surface area (Å²) in [5, 5.41) is 11.3. The molecule has 0 bridgehead atoms. The van der Waals surface area contributed by atoms with E-state index in [4.69, 9.17) is 18.9 Å². The first-order valence-corrected chi connectivity index (χ1v) is 8.50. The van der Waals surface area contributed by atoms with Gasteiger partial charge in [0, 0.05) is 30.4 Å². The molecule has 1 aliphatic heterocycles. The Labute approximate surface area is 160 Å². The van der Waals surface area contributed by atoms with Crippen molar-refractivity contribution >= 4 is 23.9 Å². The van der Waals surface area contributed by atoms with Gasteiger partial charge in [0.2, 0.25) is 12.0 Å². The third-order valence-electron chi connectivity index (χ3n) is 4.65. The van der Waals surface area contributed by atoms with Crippen LogP contribution in [0.25, 0.3) is 0 Å². The van der Waals surface area contributed by atoms with Crippen molar-refractivity contribution in [2.24, 2.45) is 11.8 Å². The minimum Gasteiger partial charge on any atom is -0.467 e. The van der Waals surface area contributed by atoms with Gasteiger partial charge in [-0.1, -0.05) is 13.8 Å². The average molecular weight is 395 g/mol. The Morgan fingerprint density at radius 1 is 1.25 bits per heavy atom. The number of hydrogen-bond acceptors (Lipinski definition) is 9. The maximum atomic E-state index is 12.1. The Kier molecular flexibility index (Phi) is 6.68. The molecule has 1 aliphatic rings. The smallest absolute Gasteiger partial charge is 0.339 e. The highest BCUT2D eigenvalue weighted by atomic mass is 16.7. The second-order valence-electron chi connectivity index (χ2n) is 6.46. The topological polar surface area (TPSA) is 131 Å². The Hall–Kier alpha value is -3.01. The number of benzene rings is 1. The number of nitrogens with zero attached hydrogens (tertiary/aromatic N) is 1. The summed E-state index contributed by atoms with van der Waals surface area (Å²) in [6.07, 6.45) is -2.72. The van der Waals surface area contributed by atoms with Gasteiger partial charge in [0.15, 0.2) is 6.10 Å². The largest absolute Gasteiger partial charge is 0.467 e. The van der Waals surface area contributed by atoms with E-state index in [0.717, 1.165) is 13.2 Å². The van der Waals surface area contributed by atoms with Crippen LogP contribution in [0.1, 0.15) is 31.1 Å². The van der Waals surface area contributed by atoms with E-state index in [-0.39, 0.29) is 22.9 Å². The number of nitro benzene ring substituents is 1. The number of esters is 2. The Balaban J connectivity index is 2.36. The van der Waals surface area contributed by atoms with E-state index >= 15 is 0 Å². The normalized spacial score (nSPS) is 26.8. The Morgan fingerprint density at radius 3 is 2.46 bits per heavy atom. The van der Waals surface area contributed by atoms with Crippen LogP contribution in [-0.4, -0.2) is 48.8 Å². The van der Waals surface area contributed by atoms with Gasteiger partial charge in [-0.2, -0.15) is 0 Å².